The van der Waals surface area contributed by atoms with Crippen molar-refractivity contribution < 1.29 is 17.9 Å². The molecule has 18 heavy (non-hydrogen) atoms. The zero-order valence-corrected chi connectivity index (χ0v) is 9.14. The van der Waals surface area contributed by atoms with Gasteiger partial charge in [-0.1, -0.05) is 0 Å². The molecule has 0 atom stereocenters. The molecule has 0 radical (unpaired) electrons. The van der Waals surface area contributed by atoms with Gasteiger partial charge < -0.3 is 10.5 Å². The third kappa shape index (κ3) is 2.67. The van der Waals surface area contributed by atoms with Crippen molar-refractivity contribution in [3.05, 3.63) is 24.2 Å². The van der Waals surface area contributed by atoms with Crippen molar-refractivity contribution in [1.82, 2.24) is 19.7 Å². The molecule has 0 aromatic carbocycles. The van der Waals surface area contributed by atoms with Crippen molar-refractivity contribution in [1.29, 1.82) is 0 Å². The molecule has 0 aliphatic rings. The number of nitrogens with two attached hydrogens (primary N) is 1. The van der Waals surface area contributed by atoms with Crippen LogP contribution >= 0.6 is 0 Å². The first-order valence-electron chi connectivity index (χ1n) is 4.73. The Labute approximate surface area is 99.2 Å². The quantitative estimate of drug-likeness (QED) is 0.886. The minimum atomic E-state index is -4.61. The normalized spacial score (nSPS) is 11.6. The topological polar surface area (TPSA) is 78.9 Å². The van der Waals surface area contributed by atoms with Gasteiger partial charge in [-0.2, -0.15) is 23.3 Å². The Morgan fingerprint density at radius 3 is 2.61 bits per heavy atom. The third-order valence-electron chi connectivity index (χ3n) is 1.91. The summed E-state index contributed by atoms with van der Waals surface area (Å²) >= 11 is 0. The van der Waals surface area contributed by atoms with E-state index in [4.69, 9.17) is 10.5 Å². The van der Waals surface area contributed by atoms with Gasteiger partial charge in [0.2, 0.25) is 11.8 Å². The molecule has 96 valence electrons. The predicted molar refractivity (Wildman–Crippen MR) is 54.7 cm³/mol. The summed E-state index contributed by atoms with van der Waals surface area (Å²) in [5.74, 6) is -0.546. The fourth-order valence-corrected chi connectivity index (χ4v) is 1.21. The number of aryl methyl sites for hydroxylation is 1. The molecule has 0 aliphatic heterocycles. The molecule has 2 rings (SSSR count). The molecule has 2 heterocycles. The third-order valence-corrected chi connectivity index (χ3v) is 1.91. The molecule has 2 aromatic heterocycles. The molecule has 0 aliphatic carbocycles. The molecule has 2 aromatic rings. The summed E-state index contributed by atoms with van der Waals surface area (Å²) in [6.45, 7) is 0. The van der Waals surface area contributed by atoms with E-state index in [-0.39, 0.29) is 11.6 Å². The van der Waals surface area contributed by atoms with Gasteiger partial charge in [-0.25, -0.2) is 4.98 Å². The minimum absolute atomic E-state index is 0.253. The molecule has 9 heteroatoms. The second-order valence-electron chi connectivity index (χ2n) is 3.40. The fourth-order valence-electron chi connectivity index (χ4n) is 1.21. The number of rotatable bonds is 2. The monoisotopic (exact) mass is 259 g/mol. The summed E-state index contributed by atoms with van der Waals surface area (Å²) in [6, 6.07) is 0.670. The Morgan fingerprint density at radius 2 is 2.06 bits per heavy atom. The first-order valence-corrected chi connectivity index (χ1v) is 4.73. The molecule has 0 saturated carbocycles. The van der Waals surface area contributed by atoms with Crippen LogP contribution in [0.25, 0.3) is 0 Å². The molecular weight excluding hydrogens is 251 g/mol. The number of aromatic nitrogens is 4. The van der Waals surface area contributed by atoms with Crippen LogP contribution in [0.4, 0.5) is 19.1 Å². The van der Waals surface area contributed by atoms with Crippen molar-refractivity contribution in [2.75, 3.05) is 5.73 Å². The summed E-state index contributed by atoms with van der Waals surface area (Å²) in [4.78, 5) is 6.65. The Kier molecular flexibility index (Phi) is 2.81. The number of alkyl halides is 3. The Morgan fingerprint density at radius 1 is 1.33 bits per heavy atom. The number of nitrogens with zero attached hydrogens (tertiary/aromatic N) is 4. The molecule has 0 unspecified atom stereocenters. The van der Waals surface area contributed by atoms with Crippen LogP contribution in [0.1, 0.15) is 5.69 Å². The number of nitrogen functional groups attached to an aromatic ring is 1. The average molecular weight is 259 g/mol. The molecule has 0 fully saturated rings. The number of ether oxygens (including phenoxy) is 1. The van der Waals surface area contributed by atoms with Crippen LogP contribution in [-0.4, -0.2) is 19.7 Å². The van der Waals surface area contributed by atoms with Crippen LogP contribution < -0.4 is 10.5 Å². The van der Waals surface area contributed by atoms with E-state index < -0.39 is 17.8 Å². The number of hydrogen-bond acceptors (Lipinski definition) is 5. The smallest absolute Gasteiger partial charge is 0.433 e. The Bertz CT molecular complexity index is 566. The average Bonchev–Trinajstić information content (AvgIpc) is 2.61. The van der Waals surface area contributed by atoms with Crippen molar-refractivity contribution in [2.24, 2.45) is 7.05 Å². The highest BCUT2D eigenvalue weighted by molar-refractivity contribution is 5.30. The molecular formula is C9H8F3N5O. The highest BCUT2D eigenvalue weighted by Crippen LogP contribution is 2.30. The van der Waals surface area contributed by atoms with Gasteiger partial charge in [0.25, 0.3) is 0 Å². The lowest BCUT2D eigenvalue weighted by Crippen LogP contribution is -2.11. The van der Waals surface area contributed by atoms with E-state index in [0.717, 1.165) is 0 Å². The summed E-state index contributed by atoms with van der Waals surface area (Å²) in [6.07, 6.45) is -1.79. The summed E-state index contributed by atoms with van der Waals surface area (Å²) in [5.41, 5.74) is 4.03. The highest BCUT2D eigenvalue weighted by Gasteiger charge is 2.33. The summed E-state index contributed by atoms with van der Waals surface area (Å²) < 4.78 is 44.0. The van der Waals surface area contributed by atoms with Gasteiger partial charge in [-0.3, -0.25) is 4.68 Å². The van der Waals surface area contributed by atoms with E-state index in [1.807, 2.05) is 0 Å². The van der Waals surface area contributed by atoms with Crippen LogP contribution in [-0.2, 0) is 13.2 Å². The van der Waals surface area contributed by atoms with Gasteiger partial charge in [-0.15, -0.1) is 0 Å². The second-order valence-corrected chi connectivity index (χ2v) is 3.40. The lowest BCUT2D eigenvalue weighted by Gasteiger charge is -2.08. The van der Waals surface area contributed by atoms with E-state index in [1.54, 1.807) is 7.05 Å². The van der Waals surface area contributed by atoms with Gasteiger partial charge in [0, 0.05) is 13.1 Å². The maximum atomic E-state index is 12.5. The Hall–Kier alpha value is -2.32. The van der Waals surface area contributed by atoms with Crippen LogP contribution in [0.3, 0.4) is 0 Å². The molecule has 0 saturated heterocycles. The van der Waals surface area contributed by atoms with Gasteiger partial charge in [0.1, 0.15) is 0 Å². The molecule has 0 amide bonds. The van der Waals surface area contributed by atoms with Gasteiger partial charge in [0.15, 0.2) is 11.4 Å². The first kappa shape index (κ1) is 12.1. The van der Waals surface area contributed by atoms with Crippen molar-refractivity contribution in [3.8, 4) is 11.6 Å². The van der Waals surface area contributed by atoms with E-state index in [9.17, 15) is 13.2 Å². The first-order chi connectivity index (χ1) is 8.34. The van der Waals surface area contributed by atoms with Crippen LogP contribution in [0, 0.1) is 0 Å². The van der Waals surface area contributed by atoms with Crippen molar-refractivity contribution in [2.45, 2.75) is 6.18 Å². The SMILES string of the molecule is Cn1cc(Oc2cc(C(F)(F)F)nc(N)n2)cn1. The van der Waals surface area contributed by atoms with Gasteiger partial charge >= 0.3 is 6.18 Å². The summed E-state index contributed by atoms with van der Waals surface area (Å²) in [7, 11) is 1.64. The largest absolute Gasteiger partial charge is 0.436 e. The van der Waals surface area contributed by atoms with E-state index in [0.29, 0.717) is 6.07 Å². The number of halogens is 3. The lowest BCUT2D eigenvalue weighted by molar-refractivity contribution is -0.141. The number of hydrogen-bond donors (Lipinski definition) is 1. The Balaban J connectivity index is 2.31. The standard InChI is InChI=1S/C9H8F3N5O/c1-17-4-5(3-14-17)18-7-2-6(9(10,11)12)15-8(13)16-7/h2-4H,1H3,(H2,13,15,16). The van der Waals surface area contributed by atoms with Crippen molar-refractivity contribution >= 4 is 5.95 Å². The second kappa shape index (κ2) is 4.17. The summed E-state index contributed by atoms with van der Waals surface area (Å²) in [5, 5.41) is 3.80. The van der Waals surface area contributed by atoms with Gasteiger partial charge in [0.05, 0.1) is 12.4 Å². The predicted octanol–water partition coefficient (Wildman–Crippen LogP) is 1.60. The maximum Gasteiger partial charge on any atom is 0.433 e. The minimum Gasteiger partial charge on any atom is -0.436 e. The zero-order chi connectivity index (χ0) is 13.3. The van der Waals surface area contributed by atoms with E-state index in [1.165, 1.54) is 17.1 Å². The highest BCUT2D eigenvalue weighted by atomic mass is 19.4. The fraction of sp³-hybridized carbons (Fsp3) is 0.222. The maximum absolute atomic E-state index is 12.5. The van der Waals surface area contributed by atoms with Crippen LogP contribution in [0.2, 0.25) is 0 Å². The zero-order valence-electron chi connectivity index (χ0n) is 9.14. The van der Waals surface area contributed by atoms with Crippen LogP contribution in [0.5, 0.6) is 11.6 Å². The van der Waals surface area contributed by atoms with E-state index >= 15 is 0 Å². The molecule has 2 N–H and O–H groups in total. The van der Waals surface area contributed by atoms with E-state index in [2.05, 4.69) is 15.1 Å². The molecule has 0 spiro atoms. The van der Waals surface area contributed by atoms with Crippen molar-refractivity contribution in [3.63, 3.8) is 0 Å². The van der Waals surface area contributed by atoms with Gasteiger partial charge in [-0.05, 0) is 0 Å². The van der Waals surface area contributed by atoms with Crippen LogP contribution in [0.15, 0.2) is 18.5 Å². The molecule has 6 nitrogen and oxygen atoms in total. The lowest BCUT2D eigenvalue weighted by atomic mass is 10.4. The number of anilines is 1. The molecule has 0 bridgehead atoms.